The maximum absolute atomic E-state index is 10.7. The van der Waals surface area contributed by atoms with E-state index in [0.29, 0.717) is 16.2 Å². The largest absolute Gasteiger partial charge is 1.00 e. The molecular formula is C7H5N2NaO3S2. The van der Waals surface area contributed by atoms with Gasteiger partial charge < -0.3 is 9.54 Å². The Balaban J connectivity index is 0.00000112. The first-order chi connectivity index (χ1) is 6.47. The van der Waals surface area contributed by atoms with E-state index in [4.69, 9.17) is 0 Å². The molecule has 0 unspecified atom stereocenters. The van der Waals surface area contributed by atoms with Crippen LogP contribution in [-0.2, 0) is 10.1 Å². The zero-order chi connectivity index (χ0) is 10.3. The summed E-state index contributed by atoms with van der Waals surface area (Å²) < 4.78 is 32.0. The van der Waals surface area contributed by atoms with Crippen LogP contribution in [0.5, 0.6) is 0 Å². The molecule has 0 spiro atoms. The Kier molecular flexibility index (Phi) is 3.85. The van der Waals surface area contributed by atoms with Crippen LogP contribution in [-0.4, -0.2) is 22.9 Å². The van der Waals surface area contributed by atoms with E-state index >= 15 is 0 Å². The standard InChI is InChI=1S/C7H6N2O3S2.Na/c10-14(11,12)4-1-2-5-6(3-4)9-7(13)8-5;/h1-3H,(H2,8,9,13)(H,10,11,12);/q;+1/p-1. The van der Waals surface area contributed by atoms with Gasteiger partial charge in [-0.3, -0.25) is 0 Å². The average Bonchev–Trinajstić information content (AvgIpc) is 2.41. The smallest absolute Gasteiger partial charge is 0.744 e. The molecule has 15 heavy (non-hydrogen) atoms. The van der Waals surface area contributed by atoms with Gasteiger partial charge >= 0.3 is 29.6 Å². The molecule has 0 amide bonds. The van der Waals surface area contributed by atoms with E-state index < -0.39 is 10.1 Å². The second-order valence-electron chi connectivity index (χ2n) is 2.69. The van der Waals surface area contributed by atoms with E-state index in [9.17, 15) is 13.0 Å². The van der Waals surface area contributed by atoms with Gasteiger partial charge in [0.1, 0.15) is 10.1 Å². The van der Waals surface area contributed by atoms with Gasteiger partial charge in [-0.15, -0.1) is 12.6 Å². The number of imidazole rings is 1. The Hall–Kier alpha value is -0.0500. The second kappa shape index (κ2) is 4.44. The molecular weight excluding hydrogens is 247 g/mol. The summed E-state index contributed by atoms with van der Waals surface area (Å²) in [4.78, 5) is 6.40. The molecule has 5 nitrogen and oxygen atoms in total. The molecule has 74 valence electrons. The van der Waals surface area contributed by atoms with Gasteiger partial charge in [0, 0.05) is 0 Å². The van der Waals surface area contributed by atoms with Gasteiger partial charge in [0.15, 0.2) is 5.16 Å². The molecule has 0 aliphatic heterocycles. The fourth-order valence-electron chi connectivity index (χ4n) is 1.13. The van der Waals surface area contributed by atoms with Crippen molar-refractivity contribution in [2.75, 3.05) is 0 Å². The molecule has 0 bridgehead atoms. The zero-order valence-corrected chi connectivity index (χ0v) is 11.5. The van der Waals surface area contributed by atoms with Gasteiger partial charge in [0.05, 0.1) is 15.9 Å². The predicted molar refractivity (Wildman–Crippen MR) is 51.3 cm³/mol. The molecule has 2 aromatic rings. The van der Waals surface area contributed by atoms with Crippen molar-refractivity contribution in [2.45, 2.75) is 10.1 Å². The van der Waals surface area contributed by atoms with Crippen LogP contribution in [0.15, 0.2) is 28.3 Å². The number of thiol groups is 1. The SMILES string of the molecule is O=S(=O)([O-])c1ccc2[nH]c(S)nc2c1.[Na+]. The number of aromatic amines is 1. The third-order valence-electron chi connectivity index (χ3n) is 1.73. The Bertz CT molecular complexity index is 593. The topological polar surface area (TPSA) is 85.9 Å². The number of fused-ring (bicyclic) bond motifs is 1. The van der Waals surface area contributed by atoms with Gasteiger partial charge in [0.25, 0.3) is 0 Å². The molecule has 0 aliphatic rings. The summed E-state index contributed by atoms with van der Waals surface area (Å²) in [6.45, 7) is 0. The minimum absolute atomic E-state index is 0. The van der Waals surface area contributed by atoms with E-state index in [1.807, 2.05) is 0 Å². The monoisotopic (exact) mass is 252 g/mol. The summed E-state index contributed by atoms with van der Waals surface area (Å²) in [5, 5.41) is 0.375. The maximum Gasteiger partial charge on any atom is 1.00 e. The van der Waals surface area contributed by atoms with E-state index in [1.165, 1.54) is 18.2 Å². The number of hydrogen-bond donors (Lipinski definition) is 2. The van der Waals surface area contributed by atoms with Gasteiger partial charge in [0.2, 0.25) is 0 Å². The molecule has 0 saturated carbocycles. The summed E-state index contributed by atoms with van der Waals surface area (Å²) in [7, 11) is -4.41. The number of benzene rings is 1. The van der Waals surface area contributed by atoms with Crippen LogP contribution in [0.25, 0.3) is 11.0 Å². The summed E-state index contributed by atoms with van der Waals surface area (Å²) in [6.07, 6.45) is 0. The zero-order valence-electron chi connectivity index (χ0n) is 7.76. The van der Waals surface area contributed by atoms with Crippen LogP contribution < -0.4 is 29.6 Å². The van der Waals surface area contributed by atoms with Crippen molar-refractivity contribution in [3.05, 3.63) is 18.2 Å². The molecule has 0 atom stereocenters. The number of H-pyrrole nitrogens is 1. The third-order valence-corrected chi connectivity index (χ3v) is 2.77. The van der Waals surface area contributed by atoms with Crippen molar-refractivity contribution in [2.24, 2.45) is 0 Å². The van der Waals surface area contributed by atoms with Crippen molar-refractivity contribution in [1.29, 1.82) is 0 Å². The normalized spacial score (nSPS) is 11.3. The van der Waals surface area contributed by atoms with Crippen LogP contribution in [0, 0.1) is 0 Å². The summed E-state index contributed by atoms with van der Waals surface area (Å²) >= 11 is 3.96. The first-order valence-corrected chi connectivity index (χ1v) is 5.47. The molecule has 0 radical (unpaired) electrons. The first kappa shape index (κ1) is 13.0. The average molecular weight is 252 g/mol. The molecule has 2 rings (SSSR count). The van der Waals surface area contributed by atoms with Crippen molar-refractivity contribution in [3.8, 4) is 0 Å². The summed E-state index contributed by atoms with van der Waals surface area (Å²) in [6, 6.07) is 3.93. The van der Waals surface area contributed by atoms with Crippen molar-refractivity contribution in [3.63, 3.8) is 0 Å². The van der Waals surface area contributed by atoms with Gasteiger partial charge in [-0.25, -0.2) is 13.4 Å². The van der Waals surface area contributed by atoms with Crippen molar-refractivity contribution >= 4 is 33.8 Å². The minimum Gasteiger partial charge on any atom is -0.744 e. The molecule has 0 aliphatic carbocycles. The van der Waals surface area contributed by atoms with Gasteiger partial charge in [-0.2, -0.15) is 0 Å². The minimum atomic E-state index is -4.41. The molecule has 0 fully saturated rings. The maximum atomic E-state index is 10.7. The molecule has 1 aromatic carbocycles. The summed E-state index contributed by atoms with van der Waals surface area (Å²) in [5.41, 5.74) is 1.05. The fourth-order valence-corrected chi connectivity index (χ4v) is 1.85. The molecule has 0 saturated heterocycles. The van der Waals surface area contributed by atoms with Gasteiger partial charge in [-0.1, -0.05) is 0 Å². The van der Waals surface area contributed by atoms with E-state index in [1.54, 1.807) is 0 Å². The molecule has 8 heteroatoms. The van der Waals surface area contributed by atoms with Crippen LogP contribution >= 0.6 is 12.6 Å². The van der Waals surface area contributed by atoms with E-state index in [0.717, 1.165) is 0 Å². The Labute approximate surface area is 114 Å². The Morgan fingerprint density at radius 2 is 2.07 bits per heavy atom. The van der Waals surface area contributed by atoms with Crippen LogP contribution in [0.4, 0.5) is 0 Å². The van der Waals surface area contributed by atoms with Crippen LogP contribution in [0.3, 0.4) is 0 Å². The van der Waals surface area contributed by atoms with Crippen LogP contribution in [0.2, 0.25) is 0 Å². The number of nitrogens with one attached hydrogen (secondary N) is 1. The second-order valence-corrected chi connectivity index (χ2v) is 4.50. The van der Waals surface area contributed by atoms with E-state index in [-0.39, 0.29) is 34.5 Å². The number of rotatable bonds is 1. The Morgan fingerprint density at radius 1 is 1.40 bits per heavy atom. The van der Waals surface area contributed by atoms with Crippen molar-refractivity contribution in [1.82, 2.24) is 9.97 Å². The number of nitrogens with zero attached hydrogens (tertiary/aromatic N) is 1. The van der Waals surface area contributed by atoms with Crippen molar-refractivity contribution < 1.29 is 42.5 Å². The summed E-state index contributed by atoms with van der Waals surface area (Å²) in [5.74, 6) is 0. The quantitative estimate of drug-likeness (QED) is 0.341. The molecule has 1 N–H and O–H groups in total. The number of hydrogen-bond acceptors (Lipinski definition) is 5. The number of aromatic nitrogens is 2. The molecule has 1 heterocycles. The fraction of sp³-hybridized carbons (Fsp3) is 0. The molecule has 1 aromatic heterocycles. The Morgan fingerprint density at radius 3 is 2.67 bits per heavy atom. The van der Waals surface area contributed by atoms with Crippen LogP contribution in [0.1, 0.15) is 0 Å². The predicted octanol–water partition coefficient (Wildman–Crippen LogP) is -2.24. The van der Waals surface area contributed by atoms with Gasteiger partial charge in [-0.05, 0) is 18.2 Å². The third kappa shape index (κ3) is 2.74. The first-order valence-electron chi connectivity index (χ1n) is 3.61. The van der Waals surface area contributed by atoms with E-state index in [2.05, 4.69) is 22.6 Å².